The van der Waals surface area contributed by atoms with Gasteiger partial charge in [0.2, 0.25) is 0 Å². The molecule has 0 amide bonds. The van der Waals surface area contributed by atoms with Gasteiger partial charge in [0.15, 0.2) is 0 Å². The van der Waals surface area contributed by atoms with Crippen LogP contribution in [0.25, 0.3) is 21.7 Å². The zero-order valence-corrected chi connectivity index (χ0v) is 12.7. The van der Waals surface area contributed by atoms with Crippen molar-refractivity contribution in [2.45, 2.75) is 20.3 Å². The summed E-state index contributed by atoms with van der Waals surface area (Å²) < 4.78 is 16.3. The molecule has 0 bridgehead atoms. The van der Waals surface area contributed by atoms with Gasteiger partial charge in [-0.2, -0.15) is 0 Å². The summed E-state index contributed by atoms with van der Waals surface area (Å²) in [6.45, 7) is 4.75. The van der Waals surface area contributed by atoms with Crippen molar-refractivity contribution in [1.82, 2.24) is 0 Å². The van der Waals surface area contributed by atoms with Crippen molar-refractivity contribution in [3.05, 3.63) is 42.2 Å². The van der Waals surface area contributed by atoms with E-state index >= 15 is 0 Å². The maximum atomic E-state index is 11.8. The Morgan fingerprint density at radius 2 is 1.95 bits per heavy atom. The highest BCUT2D eigenvalue weighted by atomic mass is 16.5. The number of fused-ring (bicyclic) bond motifs is 3. The smallest absolute Gasteiger partial charge is 0.310 e. The van der Waals surface area contributed by atoms with Crippen molar-refractivity contribution in [1.29, 1.82) is 0 Å². The van der Waals surface area contributed by atoms with Crippen LogP contribution in [-0.4, -0.2) is 19.2 Å². The largest absolute Gasteiger partial charge is 0.493 e. The van der Waals surface area contributed by atoms with E-state index in [9.17, 15) is 4.79 Å². The topological polar surface area (TPSA) is 48.7 Å². The standard InChI is InChI=1S/C18H18O4/c1-3-20-15-7-5-6-14-13(15)8-9-16-18(14)12(11-22-16)10-17(19)21-4-2/h5-9,11H,3-4,10H2,1-2H3. The summed E-state index contributed by atoms with van der Waals surface area (Å²) in [6.07, 6.45) is 1.84. The molecule has 3 rings (SSSR count). The van der Waals surface area contributed by atoms with Gasteiger partial charge in [-0.1, -0.05) is 12.1 Å². The molecular weight excluding hydrogens is 280 g/mol. The minimum Gasteiger partial charge on any atom is -0.493 e. The molecule has 22 heavy (non-hydrogen) atoms. The van der Waals surface area contributed by atoms with Gasteiger partial charge in [-0.3, -0.25) is 4.79 Å². The normalized spacial score (nSPS) is 11.0. The van der Waals surface area contributed by atoms with Crippen LogP contribution in [0.1, 0.15) is 19.4 Å². The van der Waals surface area contributed by atoms with Gasteiger partial charge in [-0.15, -0.1) is 0 Å². The average molecular weight is 298 g/mol. The Balaban J connectivity index is 2.15. The highest BCUT2D eigenvalue weighted by Crippen LogP contribution is 2.34. The van der Waals surface area contributed by atoms with E-state index in [1.807, 2.05) is 37.3 Å². The Kier molecular flexibility index (Phi) is 4.00. The maximum absolute atomic E-state index is 11.8. The molecule has 0 radical (unpaired) electrons. The molecular formula is C18H18O4. The summed E-state index contributed by atoms with van der Waals surface area (Å²) in [7, 11) is 0. The fraction of sp³-hybridized carbons (Fsp3) is 0.278. The van der Waals surface area contributed by atoms with Crippen LogP contribution < -0.4 is 4.74 Å². The third-order valence-corrected chi connectivity index (χ3v) is 3.57. The molecule has 4 nitrogen and oxygen atoms in total. The number of ether oxygens (including phenoxy) is 2. The van der Waals surface area contributed by atoms with E-state index in [2.05, 4.69) is 0 Å². The van der Waals surface area contributed by atoms with Gasteiger partial charge >= 0.3 is 5.97 Å². The molecule has 3 aromatic rings. The van der Waals surface area contributed by atoms with Crippen molar-refractivity contribution in [2.24, 2.45) is 0 Å². The Labute approximate surface area is 128 Å². The average Bonchev–Trinajstić information content (AvgIpc) is 2.91. The van der Waals surface area contributed by atoms with E-state index in [-0.39, 0.29) is 12.4 Å². The summed E-state index contributed by atoms with van der Waals surface area (Å²) >= 11 is 0. The number of furan rings is 1. The summed E-state index contributed by atoms with van der Waals surface area (Å²) in [4.78, 5) is 11.8. The number of hydrogen-bond acceptors (Lipinski definition) is 4. The highest BCUT2D eigenvalue weighted by Gasteiger charge is 2.15. The first-order chi connectivity index (χ1) is 10.7. The number of carbonyl (C=O) groups is 1. The van der Waals surface area contributed by atoms with Crippen LogP contribution in [0.3, 0.4) is 0 Å². The monoisotopic (exact) mass is 298 g/mol. The number of rotatable bonds is 5. The van der Waals surface area contributed by atoms with Gasteiger partial charge in [0.25, 0.3) is 0 Å². The molecule has 1 aromatic heterocycles. The zero-order chi connectivity index (χ0) is 15.5. The van der Waals surface area contributed by atoms with E-state index in [0.717, 1.165) is 33.1 Å². The second-order valence-corrected chi connectivity index (χ2v) is 4.97. The van der Waals surface area contributed by atoms with Gasteiger partial charge in [-0.05, 0) is 37.4 Å². The molecule has 114 valence electrons. The second kappa shape index (κ2) is 6.10. The van der Waals surface area contributed by atoms with E-state index in [1.165, 1.54) is 0 Å². The number of benzene rings is 2. The van der Waals surface area contributed by atoms with Crippen LogP contribution in [-0.2, 0) is 16.0 Å². The molecule has 0 aliphatic carbocycles. The zero-order valence-electron chi connectivity index (χ0n) is 12.7. The van der Waals surface area contributed by atoms with Gasteiger partial charge in [-0.25, -0.2) is 0 Å². The summed E-state index contributed by atoms with van der Waals surface area (Å²) in [6, 6.07) is 9.82. The van der Waals surface area contributed by atoms with E-state index in [0.29, 0.717) is 13.2 Å². The molecule has 0 aliphatic heterocycles. The fourth-order valence-electron chi connectivity index (χ4n) is 2.71. The lowest BCUT2D eigenvalue weighted by Gasteiger charge is -2.08. The lowest BCUT2D eigenvalue weighted by Crippen LogP contribution is -2.07. The molecule has 2 aromatic carbocycles. The molecule has 0 atom stereocenters. The minimum absolute atomic E-state index is 0.207. The Morgan fingerprint density at radius 3 is 2.73 bits per heavy atom. The van der Waals surface area contributed by atoms with Crippen molar-refractivity contribution in [2.75, 3.05) is 13.2 Å². The highest BCUT2D eigenvalue weighted by molar-refractivity contribution is 6.10. The predicted molar refractivity (Wildman–Crippen MR) is 85.2 cm³/mol. The third kappa shape index (κ3) is 2.52. The summed E-state index contributed by atoms with van der Waals surface area (Å²) in [5, 5.41) is 2.99. The second-order valence-electron chi connectivity index (χ2n) is 4.97. The van der Waals surface area contributed by atoms with Gasteiger partial charge in [0.1, 0.15) is 11.3 Å². The summed E-state index contributed by atoms with van der Waals surface area (Å²) in [5.41, 5.74) is 1.60. The van der Waals surface area contributed by atoms with E-state index in [4.69, 9.17) is 13.9 Å². The molecule has 0 N–H and O–H groups in total. The molecule has 0 aliphatic rings. The molecule has 0 spiro atoms. The SMILES string of the molecule is CCOC(=O)Cc1coc2ccc3c(OCC)cccc3c12. The fourth-order valence-corrected chi connectivity index (χ4v) is 2.71. The number of esters is 1. The Hall–Kier alpha value is -2.49. The first-order valence-corrected chi connectivity index (χ1v) is 7.44. The van der Waals surface area contributed by atoms with Crippen LogP contribution in [0.5, 0.6) is 5.75 Å². The van der Waals surface area contributed by atoms with E-state index in [1.54, 1.807) is 13.2 Å². The van der Waals surface area contributed by atoms with Gasteiger partial charge < -0.3 is 13.9 Å². The molecule has 0 saturated heterocycles. The Morgan fingerprint density at radius 1 is 1.09 bits per heavy atom. The van der Waals surface area contributed by atoms with Crippen LogP contribution in [0, 0.1) is 0 Å². The van der Waals surface area contributed by atoms with Crippen molar-refractivity contribution in [3.8, 4) is 5.75 Å². The maximum Gasteiger partial charge on any atom is 0.310 e. The van der Waals surface area contributed by atoms with Gasteiger partial charge in [0, 0.05) is 16.3 Å². The lowest BCUT2D eigenvalue weighted by atomic mass is 10.0. The van der Waals surface area contributed by atoms with E-state index < -0.39 is 0 Å². The van der Waals surface area contributed by atoms with Crippen molar-refractivity contribution >= 4 is 27.7 Å². The molecule has 4 heteroatoms. The number of hydrogen-bond donors (Lipinski definition) is 0. The van der Waals surface area contributed by atoms with Crippen LogP contribution in [0.15, 0.2) is 41.0 Å². The first-order valence-electron chi connectivity index (χ1n) is 7.44. The first kappa shape index (κ1) is 14.4. The number of carbonyl (C=O) groups excluding carboxylic acids is 1. The lowest BCUT2D eigenvalue weighted by molar-refractivity contribution is -0.142. The third-order valence-electron chi connectivity index (χ3n) is 3.57. The molecule has 0 saturated carbocycles. The van der Waals surface area contributed by atoms with Crippen LogP contribution >= 0.6 is 0 Å². The van der Waals surface area contributed by atoms with Gasteiger partial charge in [0.05, 0.1) is 25.9 Å². The van der Waals surface area contributed by atoms with Crippen molar-refractivity contribution < 1.29 is 18.7 Å². The quantitative estimate of drug-likeness (QED) is 0.666. The van der Waals surface area contributed by atoms with Crippen LogP contribution in [0.4, 0.5) is 0 Å². The molecule has 0 fully saturated rings. The Bertz CT molecular complexity index is 816. The minimum atomic E-state index is -0.247. The molecule has 0 unspecified atom stereocenters. The predicted octanol–water partition coefficient (Wildman–Crippen LogP) is 4.09. The molecule has 1 heterocycles. The van der Waals surface area contributed by atoms with Crippen molar-refractivity contribution in [3.63, 3.8) is 0 Å². The van der Waals surface area contributed by atoms with Crippen LogP contribution in [0.2, 0.25) is 0 Å². The summed E-state index contributed by atoms with van der Waals surface area (Å²) in [5.74, 6) is 0.591.